The standard InChI is InChI=1S/C28H24N2O9/c1-2-37-25-6-4-3-5-23(25)29-16-20(15-26(29)32)27(33)38-17-24(31)18-9-13-22(14-10-18)39-28(34)19-7-11-21(12-8-19)30(35)36/h3-14,20H,2,15-17H2,1H3/t20-/m0/s1. The van der Waals surface area contributed by atoms with E-state index in [4.69, 9.17) is 14.2 Å². The number of ether oxygens (including phenoxy) is 3. The van der Waals surface area contributed by atoms with Crippen molar-refractivity contribution in [1.82, 2.24) is 0 Å². The van der Waals surface area contributed by atoms with E-state index in [1.165, 1.54) is 53.4 Å². The first-order valence-corrected chi connectivity index (χ1v) is 12.1. The number of carbonyl (C=O) groups excluding carboxylic acids is 4. The topological polar surface area (TPSA) is 142 Å². The molecule has 0 radical (unpaired) electrons. The van der Waals surface area contributed by atoms with Crippen LogP contribution in [0.25, 0.3) is 0 Å². The number of Topliss-reactive ketones (excluding diaryl/α,β-unsaturated/α-hetero) is 1. The van der Waals surface area contributed by atoms with Crippen molar-refractivity contribution >= 4 is 35.0 Å². The Kier molecular flexibility index (Phi) is 8.30. The van der Waals surface area contributed by atoms with E-state index in [1.54, 1.807) is 24.3 Å². The lowest BCUT2D eigenvalue weighted by atomic mass is 10.1. The molecule has 0 spiro atoms. The first-order chi connectivity index (χ1) is 18.8. The number of benzene rings is 3. The lowest BCUT2D eigenvalue weighted by Gasteiger charge is -2.19. The zero-order valence-electron chi connectivity index (χ0n) is 20.9. The van der Waals surface area contributed by atoms with Crippen molar-refractivity contribution < 1.29 is 38.3 Å². The van der Waals surface area contributed by atoms with E-state index < -0.39 is 35.2 Å². The van der Waals surface area contributed by atoms with Gasteiger partial charge in [0.15, 0.2) is 12.4 Å². The lowest BCUT2D eigenvalue weighted by molar-refractivity contribution is -0.384. The smallest absolute Gasteiger partial charge is 0.343 e. The molecule has 1 heterocycles. The van der Waals surface area contributed by atoms with Gasteiger partial charge in [-0.2, -0.15) is 0 Å². The Morgan fingerprint density at radius 2 is 1.64 bits per heavy atom. The number of nitrogens with zero attached hydrogens (tertiary/aromatic N) is 2. The van der Waals surface area contributed by atoms with Gasteiger partial charge in [-0.15, -0.1) is 0 Å². The Labute approximate surface area is 223 Å². The van der Waals surface area contributed by atoms with Crippen LogP contribution in [0.3, 0.4) is 0 Å². The number of hydrogen-bond donors (Lipinski definition) is 0. The molecule has 1 saturated heterocycles. The molecule has 0 saturated carbocycles. The molecular formula is C28H24N2O9. The van der Waals surface area contributed by atoms with Crippen molar-refractivity contribution in [1.29, 1.82) is 0 Å². The number of para-hydroxylation sites is 2. The van der Waals surface area contributed by atoms with Gasteiger partial charge >= 0.3 is 11.9 Å². The van der Waals surface area contributed by atoms with Gasteiger partial charge in [0.25, 0.3) is 5.69 Å². The van der Waals surface area contributed by atoms with Crippen LogP contribution in [0.5, 0.6) is 11.5 Å². The third-order valence-corrected chi connectivity index (χ3v) is 5.96. The summed E-state index contributed by atoms with van der Waals surface area (Å²) in [6.45, 7) is 1.86. The number of ketones is 1. The van der Waals surface area contributed by atoms with Gasteiger partial charge in [0.05, 0.1) is 28.7 Å². The molecule has 11 nitrogen and oxygen atoms in total. The van der Waals surface area contributed by atoms with E-state index >= 15 is 0 Å². The second-order valence-corrected chi connectivity index (χ2v) is 8.55. The molecule has 4 rings (SSSR count). The normalized spacial score (nSPS) is 14.5. The summed E-state index contributed by atoms with van der Waals surface area (Å²) in [5.41, 5.74) is 0.773. The van der Waals surface area contributed by atoms with E-state index in [9.17, 15) is 29.3 Å². The third-order valence-electron chi connectivity index (χ3n) is 5.96. The summed E-state index contributed by atoms with van der Waals surface area (Å²) in [6, 6.07) is 17.6. The van der Waals surface area contributed by atoms with E-state index in [2.05, 4.69) is 0 Å². The maximum absolute atomic E-state index is 12.6. The lowest BCUT2D eigenvalue weighted by Crippen LogP contribution is -2.27. The van der Waals surface area contributed by atoms with Gasteiger partial charge in [0.2, 0.25) is 5.91 Å². The second-order valence-electron chi connectivity index (χ2n) is 8.55. The molecule has 3 aromatic carbocycles. The molecule has 39 heavy (non-hydrogen) atoms. The van der Waals surface area contributed by atoms with Crippen molar-refractivity contribution in [3.63, 3.8) is 0 Å². The highest BCUT2D eigenvalue weighted by Crippen LogP contribution is 2.33. The van der Waals surface area contributed by atoms with Gasteiger partial charge < -0.3 is 19.1 Å². The zero-order valence-corrected chi connectivity index (χ0v) is 20.9. The minimum atomic E-state index is -0.721. The zero-order chi connectivity index (χ0) is 27.9. The van der Waals surface area contributed by atoms with Gasteiger partial charge in [-0.25, -0.2) is 4.79 Å². The summed E-state index contributed by atoms with van der Waals surface area (Å²) < 4.78 is 16.0. The van der Waals surface area contributed by atoms with Crippen molar-refractivity contribution in [2.75, 3.05) is 24.7 Å². The van der Waals surface area contributed by atoms with Crippen molar-refractivity contribution in [2.24, 2.45) is 5.92 Å². The molecule has 200 valence electrons. The summed E-state index contributed by atoms with van der Waals surface area (Å²) in [5, 5.41) is 10.7. The molecule has 0 unspecified atom stereocenters. The summed E-state index contributed by atoms with van der Waals surface area (Å²) in [5.74, 6) is -2.11. The summed E-state index contributed by atoms with van der Waals surface area (Å²) >= 11 is 0. The van der Waals surface area contributed by atoms with Gasteiger partial charge in [-0.1, -0.05) is 12.1 Å². The summed E-state index contributed by atoms with van der Waals surface area (Å²) in [7, 11) is 0. The van der Waals surface area contributed by atoms with Crippen LogP contribution in [0.15, 0.2) is 72.8 Å². The van der Waals surface area contributed by atoms with Gasteiger partial charge in [0, 0.05) is 30.7 Å². The molecule has 3 aromatic rings. The number of non-ortho nitro benzene ring substituents is 1. The molecule has 11 heteroatoms. The molecule has 1 atom stereocenters. The fourth-order valence-electron chi connectivity index (χ4n) is 3.99. The van der Waals surface area contributed by atoms with E-state index in [0.29, 0.717) is 18.0 Å². The van der Waals surface area contributed by atoms with Gasteiger partial charge in [-0.05, 0) is 55.5 Å². The molecular weight excluding hydrogens is 508 g/mol. The number of hydrogen-bond acceptors (Lipinski definition) is 9. The van der Waals surface area contributed by atoms with Gasteiger partial charge in [-0.3, -0.25) is 24.5 Å². The second kappa shape index (κ2) is 12.0. The number of anilines is 1. The maximum atomic E-state index is 12.6. The first-order valence-electron chi connectivity index (χ1n) is 12.1. The number of carbonyl (C=O) groups is 4. The van der Waals surface area contributed by atoms with Crippen LogP contribution >= 0.6 is 0 Å². The fraction of sp³-hybridized carbons (Fsp3) is 0.214. The number of amides is 1. The Hall–Kier alpha value is -5.06. The monoisotopic (exact) mass is 532 g/mol. The van der Waals surface area contributed by atoms with Gasteiger partial charge in [0.1, 0.15) is 11.5 Å². The SMILES string of the molecule is CCOc1ccccc1N1C[C@@H](C(=O)OCC(=O)c2ccc(OC(=O)c3ccc([N+](=O)[O-])cc3)cc2)CC1=O. The van der Waals surface area contributed by atoms with Crippen molar-refractivity contribution in [3.8, 4) is 11.5 Å². The molecule has 0 N–H and O–H groups in total. The van der Waals surface area contributed by atoms with Crippen LogP contribution in [0.1, 0.15) is 34.1 Å². The van der Waals surface area contributed by atoms with Crippen LogP contribution in [0.4, 0.5) is 11.4 Å². The maximum Gasteiger partial charge on any atom is 0.343 e. The number of esters is 2. The van der Waals surface area contributed by atoms with E-state index in [-0.39, 0.29) is 41.4 Å². The summed E-state index contributed by atoms with van der Waals surface area (Å²) in [4.78, 5) is 61.6. The minimum absolute atomic E-state index is 0.0394. The number of nitro groups is 1. The predicted octanol–water partition coefficient (Wildman–Crippen LogP) is 3.99. The van der Waals surface area contributed by atoms with Crippen molar-refractivity contribution in [2.45, 2.75) is 13.3 Å². The minimum Gasteiger partial charge on any atom is -0.492 e. The van der Waals surface area contributed by atoms with Crippen molar-refractivity contribution in [3.05, 3.63) is 94.0 Å². The Morgan fingerprint density at radius 1 is 0.974 bits per heavy atom. The molecule has 1 aliphatic heterocycles. The van der Waals surface area contributed by atoms with Crippen LogP contribution in [-0.4, -0.2) is 48.3 Å². The fourth-order valence-corrected chi connectivity index (χ4v) is 3.99. The molecule has 0 bridgehead atoms. The van der Waals surface area contributed by atoms with E-state index in [1.807, 2.05) is 6.92 Å². The quantitative estimate of drug-likeness (QED) is 0.124. The highest BCUT2D eigenvalue weighted by Gasteiger charge is 2.37. The largest absolute Gasteiger partial charge is 0.492 e. The van der Waals surface area contributed by atoms with Crippen LogP contribution in [-0.2, 0) is 14.3 Å². The highest BCUT2D eigenvalue weighted by atomic mass is 16.6. The molecule has 1 amide bonds. The Morgan fingerprint density at radius 3 is 2.31 bits per heavy atom. The summed E-state index contributed by atoms with van der Waals surface area (Å²) in [6.07, 6.45) is -0.0394. The molecule has 1 fully saturated rings. The average Bonchev–Trinajstić information content (AvgIpc) is 3.33. The van der Waals surface area contributed by atoms with E-state index in [0.717, 1.165) is 0 Å². The Balaban J connectivity index is 1.29. The number of nitro benzene ring substituents is 1. The average molecular weight is 533 g/mol. The van der Waals surface area contributed by atoms with Crippen LogP contribution in [0, 0.1) is 16.0 Å². The highest BCUT2D eigenvalue weighted by molar-refractivity contribution is 6.01. The first kappa shape index (κ1) is 27.0. The predicted molar refractivity (Wildman–Crippen MR) is 138 cm³/mol. The molecule has 0 aromatic heterocycles. The molecule has 1 aliphatic rings. The third kappa shape index (κ3) is 6.45. The van der Waals surface area contributed by atoms with Crippen LogP contribution < -0.4 is 14.4 Å². The molecule has 0 aliphatic carbocycles. The Bertz CT molecular complexity index is 1400. The number of rotatable bonds is 10. The van der Waals surface area contributed by atoms with Crippen LogP contribution in [0.2, 0.25) is 0 Å².